The highest BCUT2D eigenvalue weighted by molar-refractivity contribution is 6.01. The van der Waals surface area contributed by atoms with Gasteiger partial charge in [-0.15, -0.1) is 0 Å². The van der Waals surface area contributed by atoms with Crippen molar-refractivity contribution in [3.63, 3.8) is 0 Å². The highest BCUT2D eigenvalue weighted by atomic mass is 19.1. The van der Waals surface area contributed by atoms with Gasteiger partial charge >= 0.3 is 0 Å². The Balaban J connectivity index is 1.80. The fourth-order valence-corrected chi connectivity index (χ4v) is 2.75. The second-order valence-corrected chi connectivity index (χ2v) is 5.73. The maximum atomic E-state index is 13.0. The molecule has 3 rings (SSSR count). The average molecular weight is 324 g/mol. The van der Waals surface area contributed by atoms with Gasteiger partial charge in [0, 0.05) is 24.7 Å². The highest BCUT2D eigenvalue weighted by Gasteiger charge is 2.20. The topological polar surface area (TPSA) is 57.2 Å². The number of carbonyl (C=O) groups excluding carboxylic acids is 1. The minimum atomic E-state index is -0.315. The fraction of sp³-hybridized carbons (Fsp3) is 0.263. The summed E-state index contributed by atoms with van der Waals surface area (Å²) in [5.74, 6) is 0.418. The van der Waals surface area contributed by atoms with Crippen molar-refractivity contribution < 1.29 is 13.6 Å². The largest absolute Gasteiger partial charge is 0.457 e. The minimum Gasteiger partial charge on any atom is -0.457 e. The molecule has 24 heavy (non-hydrogen) atoms. The van der Waals surface area contributed by atoms with Crippen LogP contribution in [0.15, 0.2) is 46.4 Å². The SMILES string of the molecule is N#C/C(=C/c1ccc(-c2ccc(F)cc2)o1)C(=O)N1CCCCC1. The summed E-state index contributed by atoms with van der Waals surface area (Å²) in [6, 6.07) is 11.3. The molecule has 0 N–H and O–H groups in total. The number of halogens is 1. The smallest absolute Gasteiger partial charge is 0.264 e. The van der Waals surface area contributed by atoms with Crippen LogP contribution in [0.1, 0.15) is 25.0 Å². The molecule has 4 nitrogen and oxygen atoms in total. The Labute approximate surface area is 139 Å². The summed E-state index contributed by atoms with van der Waals surface area (Å²) >= 11 is 0. The summed E-state index contributed by atoms with van der Waals surface area (Å²) in [5, 5.41) is 9.29. The van der Waals surface area contributed by atoms with Crippen LogP contribution in [0.3, 0.4) is 0 Å². The van der Waals surface area contributed by atoms with Crippen LogP contribution in [0.5, 0.6) is 0 Å². The van der Waals surface area contributed by atoms with Crippen LogP contribution in [0.4, 0.5) is 4.39 Å². The number of likely N-dealkylation sites (tertiary alicyclic amines) is 1. The highest BCUT2D eigenvalue weighted by Crippen LogP contribution is 2.24. The Morgan fingerprint density at radius 3 is 2.50 bits per heavy atom. The van der Waals surface area contributed by atoms with Gasteiger partial charge in [-0.25, -0.2) is 4.39 Å². The quantitative estimate of drug-likeness (QED) is 0.633. The van der Waals surface area contributed by atoms with Crippen LogP contribution < -0.4 is 0 Å². The zero-order valence-electron chi connectivity index (χ0n) is 13.2. The van der Waals surface area contributed by atoms with Gasteiger partial charge in [-0.2, -0.15) is 5.26 Å². The predicted molar refractivity (Wildman–Crippen MR) is 88.1 cm³/mol. The van der Waals surface area contributed by atoms with E-state index in [-0.39, 0.29) is 17.3 Å². The molecule has 5 heteroatoms. The van der Waals surface area contributed by atoms with Gasteiger partial charge in [-0.05, 0) is 55.7 Å². The van der Waals surface area contributed by atoms with E-state index in [1.165, 1.54) is 18.2 Å². The van der Waals surface area contributed by atoms with E-state index in [4.69, 9.17) is 4.42 Å². The van der Waals surface area contributed by atoms with Crippen molar-refractivity contribution in [2.45, 2.75) is 19.3 Å². The maximum absolute atomic E-state index is 13.0. The number of furan rings is 1. The van der Waals surface area contributed by atoms with E-state index in [0.717, 1.165) is 24.8 Å². The van der Waals surface area contributed by atoms with E-state index in [1.54, 1.807) is 29.2 Å². The number of hydrogen-bond acceptors (Lipinski definition) is 3. The maximum Gasteiger partial charge on any atom is 0.264 e. The normalized spacial score (nSPS) is 15.2. The van der Waals surface area contributed by atoms with Crippen LogP contribution in [0.25, 0.3) is 17.4 Å². The Morgan fingerprint density at radius 1 is 1.12 bits per heavy atom. The molecule has 1 aromatic heterocycles. The Bertz CT molecular complexity index is 794. The first kappa shape index (κ1) is 16.0. The van der Waals surface area contributed by atoms with Gasteiger partial charge in [-0.1, -0.05) is 0 Å². The van der Waals surface area contributed by atoms with Gasteiger partial charge in [0.05, 0.1) is 0 Å². The summed E-state index contributed by atoms with van der Waals surface area (Å²) in [5.41, 5.74) is 0.800. The Kier molecular flexibility index (Phi) is 4.76. The van der Waals surface area contributed by atoms with Crippen molar-refractivity contribution >= 4 is 12.0 Å². The lowest BCUT2D eigenvalue weighted by atomic mass is 10.1. The molecule has 0 saturated carbocycles. The third kappa shape index (κ3) is 3.54. The van der Waals surface area contributed by atoms with Crippen LogP contribution in [-0.4, -0.2) is 23.9 Å². The van der Waals surface area contributed by atoms with Crippen LogP contribution in [0, 0.1) is 17.1 Å². The summed E-state index contributed by atoms with van der Waals surface area (Å²) < 4.78 is 18.6. The van der Waals surface area contributed by atoms with Crippen molar-refractivity contribution in [3.8, 4) is 17.4 Å². The molecule has 1 saturated heterocycles. The molecule has 122 valence electrons. The number of amides is 1. The van der Waals surface area contributed by atoms with E-state index < -0.39 is 0 Å². The number of benzene rings is 1. The molecule has 2 aromatic rings. The number of rotatable bonds is 3. The lowest BCUT2D eigenvalue weighted by molar-refractivity contribution is -0.127. The van der Waals surface area contributed by atoms with E-state index in [2.05, 4.69) is 0 Å². The van der Waals surface area contributed by atoms with Gasteiger partial charge in [0.15, 0.2) is 0 Å². The summed E-state index contributed by atoms with van der Waals surface area (Å²) in [6.07, 6.45) is 4.53. The average Bonchev–Trinajstić information content (AvgIpc) is 3.09. The molecule has 0 spiro atoms. The molecule has 1 aliphatic rings. The summed E-state index contributed by atoms with van der Waals surface area (Å²) in [4.78, 5) is 14.1. The van der Waals surface area contributed by atoms with Gasteiger partial charge in [-0.3, -0.25) is 4.79 Å². The molecule has 2 heterocycles. The zero-order valence-corrected chi connectivity index (χ0v) is 13.2. The van der Waals surface area contributed by atoms with Gasteiger partial charge in [0.2, 0.25) is 0 Å². The molecule has 1 aromatic carbocycles. The molecule has 0 bridgehead atoms. The third-order valence-corrected chi connectivity index (χ3v) is 4.04. The Morgan fingerprint density at radius 2 is 1.83 bits per heavy atom. The predicted octanol–water partition coefficient (Wildman–Crippen LogP) is 4.01. The van der Waals surface area contributed by atoms with E-state index in [9.17, 15) is 14.4 Å². The minimum absolute atomic E-state index is 0.0666. The van der Waals surface area contributed by atoms with Gasteiger partial charge < -0.3 is 9.32 Å². The van der Waals surface area contributed by atoms with E-state index in [1.807, 2.05) is 6.07 Å². The van der Waals surface area contributed by atoms with Crippen molar-refractivity contribution in [3.05, 3.63) is 53.5 Å². The number of carbonyl (C=O) groups is 1. The molecule has 1 amide bonds. The second kappa shape index (κ2) is 7.14. The lowest BCUT2D eigenvalue weighted by Crippen LogP contribution is -2.36. The fourth-order valence-electron chi connectivity index (χ4n) is 2.75. The van der Waals surface area contributed by atoms with Crippen molar-refractivity contribution in [2.24, 2.45) is 0 Å². The first-order valence-electron chi connectivity index (χ1n) is 7.94. The first-order chi connectivity index (χ1) is 11.7. The third-order valence-electron chi connectivity index (χ3n) is 4.04. The monoisotopic (exact) mass is 324 g/mol. The summed E-state index contributed by atoms with van der Waals surface area (Å²) in [6.45, 7) is 1.38. The first-order valence-corrected chi connectivity index (χ1v) is 7.94. The Hall–Kier alpha value is -2.87. The zero-order chi connectivity index (χ0) is 16.9. The van der Waals surface area contributed by atoms with Crippen LogP contribution in [-0.2, 0) is 4.79 Å². The van der Waals surface area contributed by atoms with Gasteiger partial charge in [0.1, 0.15) is 29.0 Å². The van der Waals surface area contributed by atoms with Crippen LogP contribution in [0.2, 0.25) is 0 Å². The molecular formula is C19H17FN2O2. The number of nitrogens with zero attached hydrogens (tertiary/aromatic N) is 2. The number of nitriles is 1. The van der Waals surface area contributed by atoms with Crippen LogP contribution >= 0.6 is 0 Å². The van der Waals surface area contributed by atoms with E-state index >= 15 is 0 Å². The van der Waals surface area contributed by atoms with Crippen molar-refractivity contribution in [2.75, 3.05) is 13.1 Å². The van der Waals surface area contributed by atoms with Crippen molar-refractivity contribution in [1.29, 1.82) is 5.26 Å². The molecule has 0 atom stereocenters. The summed E-state index contributed by atoms with van der Waals surface area (Å²) in [7, 11) is 0. The molecule has 0 aliphatic carbocycles. The standard InChI is InChI=1S/C19H17FN2O2/c20-16-6-4-14(5-7-16)18-9-8-17(24-18)12-15(13-21)19(23)22-10-2-1-3-11-22/h4-9,12H,1-3,10-11H2/b15-12-. The van der Waals surface area contributed by atoms with E-state index in [0.29, 0.717) is 24.6 Å². The molecule has 0 unspecified atom stereocenters. The number of hydrogen-bond donors (Lipinski definition) is 0. The van der Waals surface area contributed by atoms with Crippen molar-refractivity contribution in [1.82, 2.24) is 4.90 Å². The molecule has 1 aliphatic heterocycles. The second-order valence-electron chi connectivity index (χ2n) is 5.73. The lowest BCUT2D eigenvalue weighted by Gasteiger charge is -2.26. The molecule has 0 radical (unpaired) electrons. The van der Waals surface area contributed by atoms with Gasteiger partial charge in [0.25, 0.3) is 5.91 Å². The molecule has 1 fully saturated rings. The molecular weight excluding hydrogens is 307 g/mol. The number of piperidine rings is 1.